The molecule has 3 rings (SSSR count). The monoisotopic (exact) mass is 331 g/mol. The second-order valence-electron chi connectivity index (χ2n) is 5.69. The number of rotatable bonds is 4. The van der Waals surface area contributed by atoms with Crippen molar-refractivity contribution in [2.75, 3.05) is 29.0 Å². The van der Waals surface area contributed by atoms with Crippen LogP contribution in [-0.4, -0.2) is 34.1 Å². The zero-order valence-electron chi connectivity index (χ0n) is 12.9. The highest BCUT2D eigenvalue weighted by atomic mass is 19.1. The van der Waals surface area contributed by atoms with Crippen molar-refractivity contribution in [2.24, 2.45) is 5.92 Å². The van der Waals surface area contributed by atoms with Gasteiger partial charge in [-0.05, 0) is 37.1 Å². The van der Waals surface area contributed by atoms with Crippen molar-refractivity contribution in [1.82, 2.24) is 9.97 Å². The second-order valence-corrected chi connectivity index (χ2v) is 5.69. The van der Waals surface area contributed by atoms with Crippen LogP contribution in [-0.2, 0) is 4.79 Å². The van der Waals surface area contributed by atoms with Crippen molar-refractivity contribution < 1.29 is 14.3 Å². The van der Waals surface area contributed by atoms with Crippen LogP contribution in [0.5, 0.6) is 0 Å². The maximum absolute atomic E-state index is 13.0. The van der Waals surface area contributed by atoms with Gasteiger partial charge in [0.2, 0.25) is 0 Å². The number of halogens is 1. The lowest BCUT2D eigenvalue weighted by Gasteiger charge is -2.31. The van der Waals surface area contributed by atoms with Crippen molar-refractivity contribution in [3.8, 4) is 0 Å². The molecule has 0 aliphatic carbocycles. The molecular formula is C16H18FN5O2. The Morgan fingerprint density at radius 3 is 2.54 bits per heavy atom. The van der Waals surface area contributed by atoms with E-state index >= 15 is 0 Å². The maximum atomic E-state index is 13.0. The van der Waals surface area contributed by atoms with E-state index in [-0.39, 0.29) is 11.7 Å². The number of nitrogen functional groups attached to an aromatic ring is 1. The van der Waals surface area contributed by atoms with Gasteiger partial charge in [-0.3, -0.25) is 4.79 Å². The van der Waals surface area contributed by atoms with E-state index in [0.717, 1.165) is 0 Å². The van der Waals surface area contributed by atoms with Crippen LogP contribution in [0.15, 0.2) is 30.6 Å². The van der Waals surface area contributed by atoms with Gasteiger partial charge in [0.15, 0.2) is 11.6 Å². The largest absolute Gasteiger partial charge is 0.481 e. The Bertz CT molecular complexity index is 730. The lowest BCUT2D eigenvalue weighted by molar-refractivity contribution is -0.142. The van der Waals surface area contributed by atoms with Gasteiger partial charge in [-0.2, -0.15) is 0 Å². The summed E-state index contributed by atoms with van der Waals surface area (Å²) in [5.41, 5.74) is 7.22. The number of anilines is 4. The molecule has 126 valence electrons. The number of carboxylic acid groups (broad SMARTS) is 1. The molecule has 0 bridgehead atoms. The van der Waals surface area contributed by atoms with Crippen molar-refractivity contribution in [1.29, 1.82) is 0 Å². The van der Waals surface area contributed by atoms with Crippen LogP contribution >= 0.6 is 0 Å². The molecule has 1 fully saturated rings. The van der Waals surface area contributed by atoms with Crippen molar-refractivity contribution in [3.63, 3.8) is 0 Å². The first-order valence-electron chi connectivity index (χ1n) is 7.65. The first-order valence-corrected chi connectivity index (χ1v) is 7.65. The quantitative estimate of drug-likeness (QED) is 0.789. The molecule has 1 aromatic carbocycles. The number of nitrogens with zero attached hydrogens (tertiary/aromatic N) is 3. The van der Waals surface area contributed by atoms with Gasteiger partial charge in [0, 0.05) is 18.8 Å². The molecule has 7 nitrogen and oxygen atoms in total. The Hall–Kier alpha value is -2.90. The molecule has 1 saturated heterocycles. The fourth-order valence-corrected chi connectivity index (χ4v) is 2.75. The number of hydrogen-bond donors (Lipinski definition) is 3. The second kappa shape index (κ2) is 6.69. The topological polar surface area (TPSA) is 104 Å². The molecule has 8 heteroatoms. The van der Waals surface area contributed by atoms with Gasteiger partial charge in [0.25, 0.3) is 0 Å². The Morgan fingerprint density at radius 1 is 1.25 bits per heavy atom. The smallest absolute Gasteiger partial charge is 0.306 e. The van der Waals surface area contributed by atoms with Crippen LogP contribution in [0.25, 0.3) is 0 Å². The number of benzene rings is 1. The summed E-state index contributed by atoms with van der Waals surface area (Å²) in [5.74, 6) is -0.381. The highest BCUT2D eigenvalue weighted by molar-refractivity contribution is 5.78. The molecule has 1 aromatic heterocycles. The van der Waals surface area contributed by atoms with E-state index in [2.05, 4.69) is 15.3 Å². The molecule has 2 heterocycles. The zero-order chi connectivity index (χ0) is 17.1. The first kappa shape index (κ1) is 16.0. The summed E-state index contributed by atoms with van der Waals surface area (Å²) in [6, 6.07) is 5.87. The van der Waals surface area contributed by atoms with Gasteiger partial charge in [-0.25, -0.2) is 14.4 Å². The molecule has 4 N–H and O–H groups in total. The van der Waals surface area contributed by atoms with Crippen molar-refractivity contribution in [3.05, 3.63) is 36.4 Å². The third-order valence-electron chi connectivity index (χ3n) is 4.11. The van der Waals surface area contributed by atoms with Crippen LogP contribution < -0.4 is 16.0 Å². The summed E-state index contributed by atoms with van der Waals surface area (Å²) in [4.78, 5) is 21.4. The molecule has 0 radical (unpaired) electrons. The average Bonchev–Trinajstić information content (AvgIpc) is 2.59. The lowest BCUT2D eigenvalue weighted by atomic mass is 9.97. The van der Waals surface area contributed by atoms with Gasteiger partial charge in [0.05, 0.1) is 5.92 Å². The Morgan fingerprint density at radius 2 is 1.92 bits per heavy atom. The molecule has 2 aromatic rings. The van der Waals surface area contributed by atoms with E-state index in [1.165, 1.54) is 18.5 Å². The Labute approximate surface area is 138 Å². The lowest BCUT2D eigenvalue weighted by Crippen LogP contribution is -2.37. The SMILES string of the molecule is Nc1c(Nc2ccc(F)cc2)ncnc1N1CCC(C(=O)O)CC1. The summed E-state index contributed by atoms with van der Waals surface area (Å²) in [6.07, 6.45) is 2.51. The molecule has 0 spiro atoms. The minimum atomic E-state index is -0.760. The van der Waals surface area contributed by atoms with E-state index in [9.17, 15) is 9.18 Å². The van der Waals surface area contributed by atoms with Gasteiger partial charge < -0.3 is 21.1 Å². The molecule has 0 amide bonds. The summed E-state index contributed by atoms with van der Waals surface area (Å²) in [5, 5.41) is 12.1. The summed E-state index contributed by atoms with van der Waals surface area (Å²) in [6.45, 7) is 1.16. The predicted octanol–water partition coefficient (Wildman–Crippen LogP) is 2.24. The highest BCUT2D eigenvalue weighted by Gasteiger charge is 2.26. The Kier molecular flexibility index (Phi) is 4.45. The molecule has 1 aliphatic rings. The minimum Gasteiger partial charge on any atom is -0.481 e. The summed E-state index contributed by atoms with van der Waals surface area (Å²) >= 11 is 0. The van der Waals surface area contributed by atoms with E-state index in [4.69, 9.17) is 10.8 Å². The van der Waals surface area contributed by atoms with Crippen LogP contribution in [0.2, 0.25) is 0 Å². The van der Waals surface area contributed by atoms with Crippen LogP contribution in [0.4, 0.5) is 27.4 Å². The fourth-order valence-electron chi connectivity index (χ4n) is 2.75. The van der Waals surface area contributed by atoms with Crippen molar-refractivity contribution >= 4 is 29.0 Å². The van der Waals surface area contributed by atoms with E-state index in [1.807, 2.05) is 4.90 Å². The fraction of sp³-hybridized carbons (Fsp3) is 0.312. The van der Waals surface area contributed by atoms with Crippen LogP contribution in [0.3, 0.4) is 0 Å². The normalized spacial score (nSPS) is 15.3. The third kappa shape index (κ3) is 3.37. The molecule has 0 atom stereocenters. The number of piperidine rings is 1. The maximum Gasteiger partial charge on any atom is 0.306 e. The molecule has 24 heavy (non-hydrogen) atoms. The van der Waals surface area contributed by atoms with Gasteiger partial charge >= 0.3 is 5.97 Å². The van der Waals surface area contributed by atoms with Gasteiger partial charge in [-0.1, -0.05) is 0 Å². The molecule has 0 saturated carbocycles. The summed E-state index contributed by atoms with van der Waals surface area (Å²) < 4.78 is 13.0. The van der Waals surface area contributed by atoms with Crippen molar-refractivity contribution in [2.45, 2.75) is 12.8 Å². The van der Waals surface area contributed by atoms with Crippen LogP contribution in [0, 0.1) is 11.7 Å². The van der Waals surface area contributed by atoms with Crippen LogP contribution in [0.1, 0.15) is 12.8 Å². The minimum absolute atomic E-state index is 0.318. The molecule has 0 unspecified atom stereocenters. The number of carbonyl (C=O) groups is 1. The van der Waals surface area contributed by atoms with E-state index in [1.54, 1.807) is 12.1 Å². The molecule has 1 aliphatic heterocycles. The van der Waals surface area contributed by atoms with Gasteiger partial charge in [0.1, 0.15) is 17.8 Å². The highest BCUT2D eigenvalue weighted by Crippen LogP contribution is 2.31. The number of nitrogens with two attached hydrogens (primary N) is 1. The number of aliphatic carboxylic acids is 1. The third-order valence-corrected chi connectivity index (χ3v) is 4.11. The van der Waals surface area contributed by atoms with E-state index in [0.29, 0.717) is 48.9 Å². The average molecular weight is 331 g/mol. The zero-order valence-corrected chi connectivity index (χ0v) is 12.9. The number of aromatic nitrogens is 2. The first-order chi connectivity index (χ1) is 11.5. The number of nitrogens with one attached hydrogen (secondary N) is 1. The number of hydrogen-bond acceptors (Lipinski definition) is 6. The van der Waals surface area contributed by atoms with E-state index < -0.39 is 5.97 Å². The summed E-state index contributed by atoms with van der Waals surface area (Å²) in [7, 11) is 0. The standard InChI is InChI=1S/C16H18FN5O2/c17-11-1-3-12(4-2-11)21-14-13(18)15(20-9-19-14)22-7-5-10(6-8-22)16(23)24/h1-4,9-10H,5-8,18H2,(H,23,24)(H,19,20,21). The Balaban J connectivity index is 1.76. The number of carboxylic acids is 1. The predicted molar refractivity (Wildman–Crippen MR) is 88.7 cm³/mol. The van der Waals surface area contributed by atoms with Gasteiger partial charge in [-0.15, -0.1) is 0 Å². The molecular weight excluding hydrogens is 313 g/mol.